The summed E-state index contributed by atoms with van der Waals surface area (Å²) >= 11 is 0. The summed E-state index contributed by atoms with van der Waals surface area (Å²) in [5, 5.41) is 9.54. The van der Waals surface area contributed by atoms with Crippen molar-refractivity contribution >= 4 is 0 Å². The van der Waals surface area contributed by atoms with E-state index in [-0.39, 0.29) is 24.8 Å². The maximum atomic E-state index is 12.7. The Morgan fingerprint density at radius 2 is 2.00 bits per heavy atom. The number of ether oxygens (including phenoxy) is 1. The first kappa shape index (κ1) is 15.1. The van der Waals surface area contributed by atoms with E-state index in [9.17, 15) is 18.3 Å². The van der Waals surface area contributed by atoms with Crippen LogP contribution in [0.2, 0.25) is 0 Å². The number of aliphatic hydroxyl groups is 1. The standard InChI is InChI=1S/C13H22F3NO2/c1-11(2,13(14,15)16)19-8-10-4-6-12(9-18)5-3-7-17(10)12/h10,18H,3-9H2,1-2H3/t10-,12-/m0/s1. The molecule has 2 aliphatic heterocycles. The van der Waals surface area contributed by atoms with Gasteiger partial charge in [-0.1, -0.05) is 0 Å². The topological polar surface area (TPSA) is 32.7 Å². The van der Waals surface area contributed by atoms with Crippen molar-refractivity contribution in [3.8, 4) is 0 Å². The third-order valence-corrected chi connectivity index (χ3v) is 4.65. The van der Waals surface area contributed by atoms with E-state index in [0.717, 1.165) is 46.1 Å². The highest BCUT2D eigenvalue weighted by atomic mass is 19.4. The van der Waals surface area contributed by atoms with Crippen molar-refractivity contribution in [1.82, 2.24) is 4.90 Å². The van der Waals surface area contributed by atoms with Crippen molar-refractivity contribution in [2.75, 3.05) is 19.8 Å². The number of aliphatic hydroxyl groups excluding tert-OH is 1. The molecule has 0 amide bonds. The molecule has 2 aliphatic rings. The van der Waals surface area contributed by atoms with Crippen LogP contribution in [-0.4, -0.2) is 53.1 Å². The Hall–Kier alpha value is -0.330. The highest BCUT2D eigenvalue weighted by Crippen LogP contribution is 2.43. The predicted octanol–water partition coefficient (Wildman–Crippen LogP) is 2.33. The van der Waals surface area contributed by atoms with E-state index in [1.807, 2.05) is 0 Å². The number of hydrogen-bond donors (Lipinski definition) is 1. The van der Waals surface area contributed by atoms with Gasteiger partial charge in [-0.05, 0) is 46.1 Å². The van der Waals surface area contributed by atoms with Gasteiger partial charge in [0.15, 0.2) is 5.60 Å². The molecule has 2 heterocycles. The minimum Gasteiger partial charge on any atom is -0.394 e. The minimum absolute atomic E-state index is 0.00345. The van der Waals surface area contributed by atoms with Crippen LogP contribution in [0.4, 0.5) is 13.2 Å². The van der Waals surface area contributed by atoms with Crippen molar-refractivity contribution < 1.29 is 23.0 Å². The zero-order valence-corrected chi connectivity index (χ0v) is 11.5. The average molecular weight is 281 g/mol. The Kier molecular flexibility index (Phi) is 3.88. The van der Waals surface area contributed by atoms with E-state index in [1.165, 1.54) is 0 Å². The van der Waals surface area contributed by atoms with Gasteiger partial charge in [-0.3, -0.25) is 4.90 Å². The molecule has 2 rings (SSSR count). The second-order valence-corrected chi connectivity index (χ2v) is 6.19. The Morgan fingerprint density at radius 3 is 2.58 bits per heavy atom. The predicted molar refractivity (Wildman–Crippen MR) is 64.9 cm³/mol. The summed E-state index contributed by atoms with van der Waals surface area (Å²) in [7, 11) is 0. The van der Waals surface area contributed by atoms with Crippen LogP contribution >= 0.6 is 0 Å². The summed E-state index contributed by atoms with van der Waals surface area (Å²) in [6.07, 6.45) is -0.772. The highest BCUT2D eigenvalue weighted by molar-refractivity contribution is 5.04. The van der Waals surface area contributed by atoms with Crippen molar-refractivity contribution in [2.45, 2.75) is 62.9 Å². The van der Waals surface area contributed by atoms with Gasteiger partial charge in [-0.25, -0.2) is 0 Å². The zero-order chi connectivity index (χ0) is 14.3. The highest BCUT2D eigenvalue weighted by Gasteiger charge is 2.52. The van der Waals surface area contributed by atoms with E-state index in [2.05, 4.69) is 4.90 Å². The molecule has 2 atom stereocenters. The molecule has 0 aromatic rings. The number of halogens is 3. The summed E-state index contributed by atoms with van der Waals surface area (Å²) in [4.78, 5) is 2.15. The molecule has 0 bridgehead atoms. The molecule has 2 fully saturated rings. The molecule has 6 heteroatoms. The summed E-state index contributed by atoms with van der Waals surface area (Å²) in [5.74, 6) is 0. The summed E-state index contributed by atoms with van der Waals surface area (Å²) in [6, 6.07) is -0.00345. The fourth-order valence-corrected chi connectivity index (χ4v) is 3.20. The van der Waals surface area contributed by atoms with Crippen molar-refractivity contribution in [1.29, 1.82) is 0 Å². The molecule has 0 saturated carbocycles. The largest absolute Gasteiger partial charge is 0.416 e. The molecule has 0 aromatic heterocycles. The number of nitrogens with zero attached hydrogens (tertiary/aromatic N) is 1. The van der Waals surface area contributed by atoms with Gasteiger partial charge in [-0.2, -0.15) is 13.2 Å². The SMILES string of the molecule is CC(C)(OC[C@@H]1CC[C@]2(CO)CCCN12)C(F)(F)F. The number of hydrogen-bond acceptors (Lipinski definition) is 3. The van der Waals surface area contributed by atoms with E-state index >= 15 is 0 Å². The molecule has 19 heavy (non-hydrogen) atoms. The van der Waals surface area contributed by atoms with E-state index in [1.54, 1.807) is 0 Å². The Balaban J connectivity index is 1.95. The average Bonchev–Trinajstić information content (AvgIpc) is 2.83. The van der Waals surface area contributed by atoms with E-state index in [4.69, 9.17) is 4.74 Å². The maximum absolute atomic E-state index is 12.7. The number of fused-ring (bicyclic) bond motifs is 1. The van der Waals surface area contributed by atoms with Gasteiger partial charge in [0.2, 0.25) is 0 Å². The molecule has 3 nitrogen and oxygen atoms in total. The Bertz CT molecular complexity index is 332. The normalized spacial score (nSPS) is 32.8. The molecule has 112 valence electrons. The van der Waals surface area contributed by atoms with Crippen LogP contribution in [0.5, 0.6) is 0 Å². The summed E-state index contributed by atoms with van der Waals surface area (Å²) in [6.45, 7) is 3.14. The van der Waals surface area contributed by atoms with Gasteiger partial charge in [0, 0.05) is 11.6 Å². The van der Waals surface area contributed by atoms with Crippen LogP contribution in [0.15, 0.2) is 0 Å². The van der Waals surface area contributed by atoms with Gasteiger partial charge in [-0.15, -0.1) is 0 Å². The molecule has 0 radical (unpaired) electrons. The van der Waals surface area contributed by atoms with Gasteiger partial charge in [0.25, 0.3) is 0 Å². The number of rotatable bonds is 4. The fourth-order valence-electron chi connectivity index (χ4n) is 3.20. The first-order chi connectivity index (χ1) is 8.72. The van der Waals surface area contributed by atoms with Crippen LogP contribution in [0.3, 0.4) is 0 Å². The zero-order valence-electron chi connectivity index (χ0n) is 11.5. The van der Waals surface area contributed by atoms with Gasteiger partial charge >= 0.3 is 6.18 Å². The second-order valence-electron chi connectivity index (χ2n) is 6.19. The van der Waals surface area contributed by atoms with Crippen LogP contribution in [-0.2, 0) is 4.74 Å². The lowest BCUT2D eigenvalue weighted by Crippen LogP contribution is -2.49. The van der Waals surface area contributed by atoms with Crippen molar-refractivity contribution in [3.63, 3.8) is 0 Å². The summed E-state index contributed by atoms with van der Waals surface area (Å²) in [5.41, 5.74) is -2.31. The van der Waals surface area contributed by atoms with Gasteiger partial charge in [0.05, 0.1) is 13.2 Å². The molecule has 0 spiro atoms. The Labute approximate surface area is 111 Å². The van der Waals surface area contributed by atoms with Crippen LogP contribution in [0.1, 0.15) is 39.5 Å². The molecular formula is C13H22F3NO2. The minimum atomic E-state index is -4.36. The first-order valence-electron chi connectivity index (χ1n) is 6.80. The van der Waals surface area contributed by atoms with Crippen LogP contribution in [0.25, 0.3) is 0 Å². The lowest BCUT2D eigenvalue weighted by atomic mass is 9.95. The van der Waals surface area contributed by atoms with Gasteiger partial charge < -0.3 is 9.84 Å². The molecule has 0 aliphatic carbocycles. The molecule has 1 N–H and O–H groups in total. The van der Waals surface area contributed by atoms with E-state index in [0.29, 0.717) is 0 Å². The van der Waals surface area contributed by atoms with Crippen molar-refractivity contribution in [2.24, 2.45) is 0 Å². The smallest absolute Gasteiger partial charge is 0.394 e. The lowest BCUT2D eigenvalue weighted by molar-refractivity contribution is -0.266. The van der Waals surface area contributed by atoms with Crippen LogP contribution < -0.4 is 0 Å². The van der Waals surface area contributed by atoms with Crippen LogP contribution in [0, 0.1) is 0 Å². The Morgan fingerprint density at radius 1 is 1.32 bits per heavy atom. The number of alkyl halides is 3. The third-order valence-electron chi connectivity index (χ3n) is 4.65. The van der Waals surface area contributed by atoms with E-state index < -0.39 is 11.8 Å². The second kappa shape index (κ2) is 4.90. The van der Waals surface area contributed by atoms with Gasteiger partial charge in [0.1, 0.15) is 0 Å². The van der Waals surface area contributed by atoms with Crippen molar-refractivity contribution in [3.05, 3.63) is 0 Å². The lowest BCUT2D eigenvalue weighted by Gasteiger charge is -2.35. The quantitative estimate of drug-likeness (QED) is 0.858. The molecule has 0 unspecified atom stereocenters. The first-order valence-corrected chi connectivity index (χ1v) is 6.80. The molecular weight excluding hydrogens is 259 g/mol. The summed E-state index contributed by atoms with van der Waals surface area (Å²) < 4.78 is 43.3. The fraction of sp³-hybridized carbons (Fsp3) is 1.00. The monoisotopic (exact) mass is 281 g/mol. The molecule has 0 aromatic carbocycles. The molecule has 2 saturated heterocycles. The third kappa shape index (κ3) is 2.62. The maximum Gasteiger partial charge on any atom is 0.416 e.